The van der Waals surface area contributed by atoms with Crippen molar-refractivity contribution in [1.29, 1.82) is 0 Å². The first kappa shape index (κ1) is 24.3. The van der Waals surface area contributed by atoms with Gasteiger partial charge in [-0.1, -0.05) is 36.2 Å². The number of halogens is 1. The van der Waals surface area contributed by atoms with Crippen molar-refractivity contribution in [3.63, 3.8) is 0 Å². The van der Waals surface area contributed by atoms with Crippen LogP contribution in [0.1, 0.15) is 43.2 Å². The van der Waals surface area contributed by atoms with Gasteiger partial charge in [-0.15, -0.1) is 0 Å². The van der Waals surface area contributed by atoms with Gasteiger partial charge in [0.15, 0.2) is 0 Å². The number of aryl methyl sites for hydroxylation is 1. The van der Waals surface area contributed by atoms with E-state index in [0.29, 0.717) is 17.3 Å². The Morgan fingerprint density at radius 1 is 0.939 bits per heavy atom. The minimum absolute atomic E-state index is 0.246. The van der Waals surface area contributed by atoms with Gasteiger partial charge in [0, 0.05) is 19.6 Å². The molecule has 2 aliphatic rings. The predicted molar refractivity (Wildman–Crippen MR) is 133 cm³/mol. The minimum Gasteiger partial charge on any atom is -0.492 e. The number of likely N-dealkylation sites (tertiary alicyclic amines) is 2. The van der Waals surface area contributed by atoms with Crippen LogP contribution in [-0.4, -0.2) is 66.4 Å². The van der Waals surface area contributed by atoms with Crippen LogP contribution < -0.4 is 9.47 Å². The van der Waals surface area contributed by atoms with Crippen LogP contribution in [0.2, 0.25) is 5.02 Å². The lowest BCUT2D eigenvalue weighted by atomic mass is 9.93. The van der Waals surface area contributed by atoms with Gasteiger partial charge in [-0.05, 0) is 87.6 Å². The molecule has 2 aromatic rings. The van der Waals surface area contributed by atoms with Crippen LogP contribution in [0, 0.1) is 6.92 Å². The summed E-state index contributed by atoms with van der Waals surface area (Å²) < 4.78 is 11.9. The van der Waals surface area contributed by atoms with Crippen molar-refractivity contribution in [2.45, 2.75) is 51.2 Å². The Morgan fingerprint density at radius 3 is 2.48 bits per heavy atom. The first-order valence-corrected chi connectivity index (χ1v) is 12.6. The Morgan fingerprint density at radius 2 is 1.70 bits per heavy atom. The van der Waals surface area contributed by atoms with Crippen LogP contribution in [0.4, 0.5) is 0 Å². The van der Waals surface area contributed by atoms with Crippen molar-refractivity contribution in [3.8, 4) is 11.5 Å². The summed E-state index contributed by atoms with van der Waals surface area (Å²) in [5.41, 5.74) is 1.44. The van der Waals surface area contributed by atoms with Gasteiger partial charge in [-0.3, -0.25) is 9.80 Å². The third kappa shape index (κ3) is 7.35. The quantitative estimate of drug-likeness (QED) is 0.561. The number of nitrogens with zero attached hydrogens (tertiary/aromatic N) is 2. The first-order valence-electron chi connectivity index (χ1n) is 12.3. The van der Waals surface area contributed by atoms with E-state index in [1.165, 1.54) is 37.9 Å². The van der Waals surface area contributed by atoms with Gasteiger partial charge < -0.3 is 14.6 Å². The molecule has 33 heavy (non-hydrogen) atoms. The van der Waals surface area contributed by atoms with Gasteiger partial charge in [0.2, 0.25) is 0 Å². The van der Waals surface area contributed by atoms with Crippen LogP contribution in [0.15, 0.2) is 42.5 Å². The maximum atomic E-state index is 11.2. The molecule has 5 nitrogen and oxygen atoms in total. The minimum atomic E-state index is -0.872. The van der Waals surface area contributed by atoms with E-state index in [2.05, 4.69) is 34.1 Å². The molecule has 2 aromatic carbocycles. The zero-order valence-electron chi connectivity index (χ0n) is 19.8. The van der Waals surface area contributed by atoms with E-state index in [9.17, 15) is 5.11 Å². The average molecular weight is 473 g/mol. The molecule has 2 aliphatic heterocycles. The number of benzene rings is 2. The number of piperidine rings is 2. The summed E-state index contributed by atoms with van der Waals surface area (Å²) in [6.07, 6.45) is 5.66. The standard InChI is InChI=1S/C27H37ClN2O3/c1-22-6-11-25(28)26(18-22)33-21-27(31)12-5-15-30(20-27)19-23-7-9-24(10-8-23)32-17-16-29-13-3-2-4-14-29/h6-11,18,31H,2-5,12-17,19-21H2,1H3/t27-/m0/s1. The second-order valence-electron chi connectivity index (χ2n) is 9.66. The summed E-state index contributed by atoms with van der Waals surface area (Å²) >= 11 is 6.25. The Bertz CT molecular complexity index is 885. The maximum absolute atomic E-state index is 11.2. The maximum Gasteiger partial charge on any atom is 0.138 e. The molecule has 0 aromatic heterocycles. The van der Waals surface area contributed by atoms with Crippen LogP contribution in [0.25, 0.3) is 0 Å². The predicted octanol–water partition coefficient (Wildman–Crippen LogP) is 4.92. The molecule has 180 valence electrons. The lowest BCUT2D eigenvalue weighted by Crippen LogP contribution is -2.51. The number of hydrogen-bond acceptors (Lipinski definition) is 5. The third-order valence-corrected chi connectivity index (χ3v) is 6.98. The number of rotatable bonds is 9. The van der Waals surface area contributed by atoms with E-state index in [4.69, 9.17) is 21.1 Å². The molecule has 1 atom stereocenters. The van der Waals surface area contributed by atoms with E-state index >= 15 is 0 Å². The highest BCUT2D eigenvalue weighted by Crippen LogP contribution is 2.29. The average Bonchev–Trinajstić information content (AvgIpc) is 2.82. The second kappa shape index (κ2) is 11.6. The van der Waals surface area contributed by atoms with Crippen molar-refractivity contribution < 1.29 is 14.6 Å². The van der Waals surface area contributed by atoms with E-state index in [1.807, 2.05) is 25.1 Å². The molecule has 4 rings (SSSR count). The molecule has 0 spiro atoms. The molecule has 0 saturated carbocycles. The largest absolute Gasteiger partial charge is 0.492 e. The van der Waals surface area contributed by atoms with Gasteiger partial charge >= 0.3 is 0 Å². The van der Waals surface area contributed by atoms with Crippen LogP contribution in [0.3, 0.4) is 0 Å². The van der Waals surface area contributed by atoms with Crippen LogP contribution in [-0.2, 0) is 6.54 Å². The van der Waals surface area contributed by atoms with Gasteiger partial charge in [0.05, 0.1) is 5.02 Å². The van der Waals surface area contributed by atoms with Crippen LogP contribution >= 0.6 is 11.6 Å². The highest BCUT2D eigenvalue weighted by Gasteiger charge is 2.34. The summed E-state index contributed by atoms with van der Waals surface area (Å²) in [6, 6.07) is 14.1. The monoisotopic (exact) mass is 472 g/mol. The summed E-state index contributed by atoms with van der Waals surface area (Å²) in [7, 11) is 0. The van der Waals surface area contributed by atoms with Crippen molar-refractivity contribution in [2.75, 3.05) is 45.9 Å². The van der Waals surface area contributed by atoms with E-state index < -0.39 is 5.60 Å². The normalized spacial score (nSPS) is 22.3. The second-order valence-corrected chi connectivity index (χ2v) is 10.1. The number of hydrogen-bond donors (Lipinski definition) is 1. The van der Waals surface area contributed by atoms with Gasteiger partial charge in [0.1, 0.15) is 30.3 Å². The summed E-state index contributed by atoms with van der Waals surface area (Å²) in [6.45, 7) is 8.77. The molecule has 2 saturated heterocycles. The van der Waals surface area contributed by atoms with Crippen molar-refractivity contribution in [1.82, 2.24) is 9.80 Å². The highest BCUT2D eigenvalue weighted by atomic mass is 35.5. The Hall–Kier alpha value is -1.79. The number of β-amino-alcohol motifs (C(OH)–C–C–N with tert-alkyl or cyclic N) is 1. The molecule has 0 radical (unpaired) electrons. The van der Waals surface area contributed by atoms with E-state index in [-0.39, 0.29) is 6.61 Å². The topological polar surface area (TPSA) is 45.2 Å². The van der Waals surface area contributed by atoms with Crippen molar-refractivity contribution >= 4 is 11.6 Å². The third-order valence-electron chi connectivity index (χ3n) is 6.67. The summed E-state index contributed by atoms with van der Waals surface area (Å²) in [5.74, 6) is 1.56. The Labute approximate surface area is 203 Å². The fourth-order valence-corrected chi connectivity index (χ4v) is 4.99. The van der Waals surface area contributed by atoms with Gasteiger partial charge in [-0.25, -0.2) is 0 Å². The zero-order valence-corrected chi connectivity index (χ0v) is 20.5. The van der Waals surface area contributed by atoms with E-state index in [1.54, 1.807) is 0 Å². The zero-order chi connectivity index (χ0) is 23.1. The Balaban J connectivity index is 1.24. The molecule has 2 heterocycles. The van der Waals surface area contributed by atoms with Crippen LogP contribution in [0.5, 0.6) is 11.5 Å². The molecular formula is C27H37ClN2O3. The fourth-order valence-electron chi connectivity index (χ4n) is 4.82. The lowest BCUT2D eigenvalue weighted by Gasteiger charge is -2.39. The molecule has 0 unspecified atom stereocenters. The highest BCUT2D eigenvalue weighted by molar-refractivity contribution is 6.32. The molecular weight excluding hydrogens is 436 g/mol. The van der Waals surface area contributed by atoms with Crippen molar-refractivity contribution in [3.05, 3.63) is 58.6 Å². The fraction of sp³-hybridized carbons (Fsp3) is 0.556. The molecule has 1 N–H and O–H groups in total. The van der Waals surface area contributed by atoms with Gasteiger partial charge in [-0.2, -0.15) is 0 Å². The summed E-state index contributed by atoms with van der Waals surface area (Å²) in [5, 5.41) is 11.7. The smallest absolute Gasteiger partial charge is 0.138 e. The molecule has 2 fully saturated rings. The number of aliphatic hydroxyl groups is 1. The molecule has 0 aliphatic carbocycles. The SMILES string of the molecule is Cc1ccc(Cl)c(OC[C@]2(O)CCCN(Cc3ccc(OCCN4CCCCC4)cc3)C2)c1. The summed E-state index contributed by atoms with van der Waals surface area (Å²) in [4.78, 5) is 4.79. The molecule has 6 heteroatoms. The van der Waals surface area contributed by atoms with Crippen molar-refractivity contribution in [2.24, 2.45) is 0 Å². The molecule has 0 amide bonds. The van der Waals surface area contributed by atoms with Gasteiger partial charge in [0.25, 0.3) is 0 Å². The Kier molecular flexibility index (Phi) is 8.53. The first-order chi connectivity index (χ1) is 16.0. The van der Waals surface area contributed by atoms with E-state index in [0.717, 1.165) is 50.4 Å². The molecule has 0 bridgehead atoms. The number of ether oxygens (including phenoxy) is 2. The lowest BCUT2D eigenvalue weighted by molar-refractivity contribution is -0.0620.